The average Bonchev–Trinajstić information content (AvgIpc) is 3.41. The molecule has 0 spiro atoms. The molecule has 6 atom stereocenters. The zero-order valence-corrected chi connectivity index (χ0v) is 27.6. The highest BCUT2D eigenvalue weighted by Crippen LogP contribution is 2.62. The number of allylic oxidation sites excluding steroid dienone is 2. The normalized spacial score (nSPS) is 29.3. The SMILES string of the molecule is C=C1CCC2[C@](C)(CC[C@@H](O)[C@@]2(C)CO)C1CC(Nc1ccccn1)C1=C/C(=C(/C(=O)OCC)c2ccc(N(C)C)cc2)OC1=O. The van der Waals surface area contributed by atoms with Crippen LogP contribution in [0.15, 0.2) is 78.2 Å². The summed E-state index contributed by atoms with van der Waals surface area (Å²) < 4.78 is 11.3. The third-order valence-corrected chi connectivity index (χ3v) is 10.7. The van der Waals surface area contributed by atoms with Crippen LogP contribution in [-0.2, 0) is 19.1 Å². The molecule has 46 heavy (non-hydrogen) atoms. The minimum atomic E-state index is -0.631. The minimum absolute atomic E-state index is 0.0179. The van der Waals surface area contributed by atoms with E-state index >= 15 is 0 Å². The van der Waals surface area contributed by atoms with Crippen molar-refractivity contribution in [1.82, 2.24) is 4.98 Å². The molecule has 2 fully saturated rings. The lowest BCUT2D eigenvalue weighted by Gasteiger charge is -2.60. The molecule has 2 heterocycles. The first kappa shape index (κ1) is 33.4. The van der Waals surface area contributed by atoms with Gasteiger partial charge < -0.3 is 29.9 Å². The van der Waals surface area contributed by atoms with E-state index in [9.17, 15) is 19.8 Å². The van der Waals surface area contributed by atoms with E-state index in [0.717, 1.165) is 30.5 Å². The van der Waals surface area contributed by atoms with Crippen molar-refractivity contribution < 1.29 is 29.3 Å². The molecule has 1 aromatic carbocycles. The topological polar surface area (TPSA) is 121 Å². The maximum absolute atomic E-state index is 13.7. The van der Waals surface area contributed by atoms with Gasteiger partial charge in [-0.15, -0.1) is 0 Å². The maximum Gasteiger partial charge on any atom is 0.342 e. The molecule has 1 aromatic heterocycles. The number of rotatable bonds is 10. The smallest absolute Gasteiger partial charge is 0.342 e. The number of cyclic esters (lactones) is 1. The Morgan fingerprint density at radius 3 is 2.57 bits per heavy atom. The summed E-state index contributed by atoms with van der Waals surface area (Å²) in [7, 11) is 3.87. The molecule has 1 aliphatic heterocycles. The summed E-state index contributed by atoms with van der Waals surface area (Å²) in [5.74, 6) is -0.321. The predicted molar refractivity (Wildman–Crippen MR) is 179 cm³/mol. The van der Waals surface area contributed by atoms with Crippen molar-refractivity contribution >= 4 is 29.0 Å². The molecule has 3 unspecified atom stereocenters. The Balaban J connectivity index is 1.58. The number of ether oxygens (including phenoxy) is 2. The number of aromatic nitrogens is 1. The van der Waals surface area contributed by atoms with Gasteiger partial charge in [0.05, 0.1) is 30.9 Å². The molecule has 0 amide bonds. The van der Waals surface area contributed by atoms with Crippen molar-refractivity contribution in [2.45, 2.75) is 65.0 Å². The molecule has 9 heteroatoms. The highest BCUT2D eigenvalue weighted by molar-refractivity contribution is 6.19. The van der Waals surface area contributed by atoms with Crippen LogP contribution in [-0.4, -0.2) is 66.6 Å². The van der Waals surface area contributed by atoms with Gasteiger partial charge in [-0.25, -0.2) is 14.6 Å². The van der Waals surface area contributed by atoms with Crippen molar-refractivity contribution in [3.63, 3.8) is 0 Å². The molecule has 9 nitrogen and oxygen atoms in total. The highest BCUT2D eigenvalue weighted by atomic mass is 16.6. The summed E-state index contributed by atoms with van der Waals surface area (Å²) in [5.41, 5.74) is 2.31. The second kappa shape index (κ2) is 13.4. The molecular weight excluding hydrogens is 582 g/mol. The predicted octanol–water partition coefficient (Wildman–Crippen LogP) is 5.52. The Morgan fingerprint density at radius 2 is 1.93 bits per heavy atom. The fourth-order valence-corrected chi connectivity index (χ4v) is 8.01. The molecule has 246 valence electrons. The fourth-order valence-electron chi connectivity index (χ4n) is 8.01. The van der Waals surface area contributed by atoms with Gasteiger partial charge in [-0.05, 0) is 92.2 Å². The molecule has 3 aliphatic rings. The Morgan fingerprint density at radius 1 is 1.20 bits per heavy atom. The fraction of sp³-hybridized carbons (Fsp3) is 0.486. The van der Waals surface area contributed by atoms with E-state index in [-0.39, 0.29) is 41.8 Å². The maximum atomic E-state index is 13.7. The van der Waals surface area contributed by atoms with Crippen LogP contribution in [0.5, 0.6) is 0 Å². The van der Waals surface area contributed by atoms with Crippen LogP contribution >= 0.6 is 0 Å². The van der Waals surface area contributed by atoms with Gasteiger partial charge in [0.25, 0.3) is 0 Å². The lowest BCUT2D eigenvalue weighted by atomic mass is 9.46. The summed E-state index contributed by atoms with van der Waals surface area (Å²) in [6.45, 7) is 10.5. The first-order valence-corrected chi connectivity index (χ1v) is 16.2. The third kappa shape index (κ3) is 6.22. The Hall–Kier alpha value is -3.95. The zero-order chi connectivity index (χ0) is 33.2. The summed E-state index contributed by atoms with van der Waals surface area (Å²) in [4.78, 5) is 33.5. The van der Waals surface area contributed by atoms with Crippen molar-refractivity contribution in [2.75, 3.05) is 37.5 Å². The van der Waals surface area contributed by atoms with Gasteiger partial charge >= 0.3 is 11.9 Å². The van der Waals surface area contributed by atoms with Gasteiger partial charge in [0.2, 0.25) is 0 Å². The largest absolute Gasteiger partial charge is 0.462 e. The van der Waals surface area contributed by atoms with Crippen LogP contribution in [0.4, 0.5) is 11.5 Å². The Labute approximate surface area is 272 Å². The molecule has 3 N–H and O–H groups in total. The van der Waals surface area contributed by atoms with Crippen LogP contribution < -0.4 is 10.2 Å². The quantitative estimate of drug-likeness (QED) is 0.177. The molecule has 2 aliphatic carbocycles. The van der Waals surface area contributed by atoms with Gasteiger partial charge in [0, 0.05) is 31.4 Å². The number of anilines is 2. The minimum Gasteiger partial charge on any atom is -0.462 e. The van der Waals surface area contributed by atoms with Crippen molar-refractivity contribution in [3.8, 4) is 0 Å². The van der Waals surface area contributed by atoms with Crippen LogP contribution in [0.2, 0.25) is 0 Å². The number of aliphatic hydroxyl groups is 2. The van der Waals surface area contributed by atoms with E-state index in [2.05, 4.69) is 23.8 Å². The Kier molecular flexibility index (Phi) is 9.75. The highest BCUT2D eigenvalue weighted by Gasteiger charge is 2.58. The van der Waals surface area contributed by atoms with E-state index in [1.807, 2.05) is 68.4 Å². The number of benzene rings is 1. The number of pyridine rings is 1. The first-order valence-electron chi connectivity index (χ1n) is 16.2. The van der Waals surface area contributed by atoms with Crippen LogP contribution in [0, 0.1) is 22.7 Å². The molecule has 5 rings (SSSR count). The number of hydrogen-bond acceptors (Lipinski definition) is 9. The number of nitrogens with zero attached hydrogens (tertiary/aromatic N) is 2. The molecular formula is C37H47N3O6. The van der Waals surface area contributed by atoms with E-state index in [4.69, 9.17) is 9.47 Å². The second-order valence-electron chi connectivity index (χ2n) is 13.6. The monoisotopic (exact) mass is 629 g/mol. The van der Waals surface area contributed by atoms with Crippen LogP contribution in [0.25, 0.3) is 5.57 Å². The molecule has 0 bridgehead atoms. The summed E-state index contributed by atoms with van der Waals surface area (Å²) in [6, 6.07) is 12.5. The molecule has 0 saturated heterocycles. The third-order valence-electron chi connectivity index (χ3n) is 10.7. The van der Waals surface area contributed by atoms with E-state index in [0.29, 0.717) is 29.8 Å². The number of aliphatic hydroxyl groups excluding tert-OH is 2. The number of esters is 2. The Bertz CT molecular complexity index is 1520. The van der Waals surface area contributed by atoms with Gasteiger partial charge in [0.1, 0.15) is 17.2 Å². The number of carbonyl (C=O) groups is 2. The van der Waals surface area contributed by atoms with Crippen molar-refractivity contribution in [3.05, 3.63) is 83.8 Å². The van der Waals surface area contributed by atoms with E-state index in [1.54, 1.807) is 19.2 Å². The van der Waals surface area contributed by atoms with Gasteiger partial charge in [-0.1, -0.05) is 44.2 Å². The number of fused-ring (bicyclic) bond motifs is 1. The number of nitrogens with one attached hydrogen (secondary N) is 1. The number of hydrogen-bond donors (Lipinski definition) is 3. The molecule has 2 saturated carbocycles. The van der Waals surface area contributed by atoms with Crippen LogP contribution in [0.1, 0.15) is 58.4 Å². The summed E-state index contributed by atoms with van der Waals surface area (Å²) in [6.07, 6.45) is 6.24. The lowest BCUT2D eigenvalue weighted by Crippen LogP contribution is -2.58. The van der Waals surface area contributed by atoms with Crippen molar-refractivity contribution in [2.24, 2.45) is 22.7 Å². The van der Waals surface area contributed by atoms with E-state index < -0.39 is 29.5 Å². The van der Waals surface area contributed by atoms with Gasteiger partial charge in [-0.3, -0.25) is 0 Å². The van der Waals surface area contributed by atoms with Gasteiger partial charge in [-0.2, -0.15) is 0 Å². The standard InChI is InChI=1S/C37H47N3O6/c1-7-45-35(44)33(24-12-14-25(15-13-24)40(5)6)29-20-26(34(43)46-29)28(39-32-10-8-9-19-38-32)21-27-23(2)11-16-30-36(27,3)18-17-31(42)37(30,4)22-41/h8-10,12-15,19-20,27-28,30-31,41-42H,2,7,11,16-18,21-22H2,1,3-6H3,(H,38,39)/b33-29-/t27?,28?,30?,31-,36-,37+/m1/s1. The van der Waals surface area contributed by atoms with Crippen molar-refractivity contribution in [1.29, 1.82) is 0 Å². The summed E-state index contributed by atoms with van der Waals surface area (Å²) >= 11 is 0. The first-order chi connectivity index (χ1) is 21.9. The molecule has 2 aromatic rings. The van der Waals surface area contributed by atoms with Gasteiger partial charge in [0.15, 0.2) is 0 Å². The zero-order valence-electron chi connectivity index (χ0n) is 27.6. The number of carbonyl (C=O) groups excluding carboxylic acids is 2. The van der Waals surface area contributed by atoms with E-state index in [1.165, 1.54) is 0 Å². The lowest BCUT2D eigenvalue weighted by molar-refractivity contribution is -0.152. The summed E-state index contributed by atoms with van der Waals surface area (Å²) in [5, 5.41) is 25.0. The second-order valence-corrected chi connectivity index (χ2v) is 13.6. The van der Waals surface area contributed by atoms with Crippen LogP contribution in [0.3, 0.4) is 0 Å². The average molecular weight is 630 g/mol. The molecule has 0 radical (unpaired) electrons.